The van der Waals surface area contributed by atoms with Crippen LogP contribution in [0.15, 0.2) is 36.5 Å². The van der Waals surface area contributed by atoms with Crippen molar-refractivity contribution in [1.82, 2.24) is 0 Å². The molecule has 18 heavy (non-hydrogen) atoms. The van der Waals surface area contributed by atoms with Crippen molar-refractivity contribution in [2.45, 2.75) is 37.9 Å². The second-order valence-corrected chi connectivity index (χ2v) is 3.93. The second kappa shape index (κ2) is 9.18. The number of nitrogens with zero attached hydrogens (tertiary/aromatic N) is 2. The largest absolute Gasteiger partial charge is 0.388 e. The first-order chi connectivity index (χ1) is 8.52. The first-order valence-electron chi connectivity index (χ1n) is 5.71. The lowest BCUT2D eigenvalue weighted by Gasteiger charge is -2.06. The zero-order valence-electron chi connectivity index (χ0n) is 10.3. The number of aliphatic hydroxyl groups is 2. The summed E-state index contributed by atoms with van der Waals surface area (Å²) in [5.41, 5.74) is 0.341. The predicted octanol–water partition coefficient (Wildman–Crippen LogP) is 1.98. The Hall–Kier alpha value is -1.88. The second-order valence-electron chi connectivity index (χ2n) is 3.93. The van der Waals surface area contributed by atoms with Crippen LogP contribution in [0.25, 0.3) is 0 Å². The first-order valence-corrected chi connectivity index (χ1v) is 5.71. The van der Waals surface area contributed by atoms with Crippen LogP contribution >= 0.6 is 0 Å². The third-order valence-electron chi connectivity index (χ3n) is 2.47. The molecule has 0 radical (unpaired) electrons. The summed E-state index contributed by atoms with van der Waals surface area (Å²) in [7, 11) is 0. The molecular formula is C14H18N2O2. The maximum atomic E-state index is 9.42. The Kier molecular flexibility index (Phi) is 8.22. The van der Waals surface area contributed by atoms with E-state index in [1.807, 2.05) is 24.3 Å². The van der Waals surface area contributed by atoms with Crippen LogP contribution < -0.4 is 0 Å². The van der Waals surface area contributed by atoms with E-state index in [1.165, 1.54) is 0 Å². The van der Waals surface area contributed by atoms with E-state index in [4.69, 9.17) is 10.5 Å². The normalized spacial score (nSPS) is 13.6. The molecule has 2 unspecified atom stereocenters. The molecule has 0 bridgehead atoms. The van der Waals surface area contributed by atoms with Gasteiger partial charge in [-0.15, -0.1) is 0 Å². The SMILES string of the molecule is C=C(C#N)C(O)CC/C=C/CCC(O)C(=C)C#N. The highest BCUT2D eigenvalue weighted by Gasteiger charge is 2.07. The number of allylic oxidation sites excluding steroid dienone is 2. The molecule has 0 spiro atoms. The molecule has 0 amide bonds. The van der Waals surface area contributed by atoms with Gasteiger partial charge >= 0.3 is 0 Å². The van der Waals surface area contributed by atoms with Crippen molar-refractivity contribution in [2.24, 2.45) is 0 Å². The van der Waals surface area contributed by atoms with Gasteiger partial charge in [0.25, 0.3) is 0 Å². The summed E-state index contributed by atoms with van der Waals surface area (Å²) in [5.74, 6) is 0. The average molecular weight is 246 g/mol. The van der Waals surface area contributed by atoms with Crippen molar-refractivity contribution >= 4 is 0 Å². The van der Waals surface area contributed by atoms with Gasteiger partial charge in [0.05, 0.1) is 35.5 Å². The van der Waals surface area contributed by atoms with Gasteiger partial charge in [-0.05, 0) is 25.7 Å². The molecule has 0 heterocycles. The maximum absolute atomic E-state index is 9.42. The highest BCUT2D eigenvalue weighted by atomic mass is 16.3. The van der Waals surface area contributed by atoms with E-state index in [0.717, 1.165) is 0 Å². The van der Waals surface area contributed by atoms with Crippen molar-refractivity contribution in [1.29, 1.82) is 10.5 Å². The molecule has 4 heteroatoms. The average Bonchev–Trinajstić information content (AvgIpc) is 2.39. The molecule has 0 fully saturated rings. The fraction of sp³-hybridized carbons (Fsp3) is 0.429. The Bertz CT molecular complexity index is 361. The summed E-state index contributed by atoms with van der Waals surface area (Å²) >= 11 is 0. The van der Waals surface area contributed by atoms with Crippen molar-refractivity contribution < 1.29 is 10.2 Å². The van der Waals surface area contributed by atoms with Crippen molar-refractivity contribution in [3.05, 3.63) is 36.5 Å². The van der Waals surface area contributed by atoms with Crippen LogP contribution in [0, 0.1) is 22.7 Å². The molecule has 0 aromatic carbocycles. The summed E-state index contributed by atoms with van der Waals surface area (Å²) in [6.45, 7) is 6.86. The van der Waals surface area contributed by atoms with Crippen LogP contribution in [0.3, 0.4) is 0 Å². The van der Waals surface area contributed by atoms with Gasteiger partial charge in [0, 0.05) is 0 Å². The summed E-state index contributed by atoms with van der Waals surface area (Å²) in [6.07, 6.45) is 4.35. The predicted molar refractivity (Wildman–Crippen MR) is 69.1 cm³/mol. The summed E-state index contributed by atoms with van der Waals surface area (Å²) < 4.78 is 0. The molecule has 2 atom stereocenters. The minimum absolute atomic E-state index is 0.171. The van der Waals surface area contributed by atoms with Crippen molar-refractivity contribution in [3.8, 4) is 12.1 Å². The van der Waals surface area contributed by atoms with E-state index in [2.05, 4.69) is 13.2 Å². The van der Waals surface area contributed by atoms with E-state index < -0.39 is 12.2 Å². The molecule has 0 aliphatic rings. The minimum atomic E-state index is -0.788. The third kappa shape index (κ3) is 6.65. The molecule has 0 saturated carbocycles. The number of hydrogen-bond acceptors (Lipinski definition) is 4. The molecule has 0 rings (SSSR count). The van der Waals surface area contributed by atoms with Crippen LogP contribution in [-0.4, -0.2) is 22.4 Å². The van der Waals surface area contributed by atoms with Gasteiger partial charge < -0.3 is 10.2 Å². The topological polar surface area (TPSA) is 88.0 Å². The number of rotatable bonds is 8. The summed E-state index contributed by atoms with van der Waals surface area (Å²) in [6, 6.07) is 3.62. The molecule has 4 nitrogen and oxygen atoms in total. The Morgan fingerprint density at radius 2 is 1.28 bits per heavy atom. The van der Waals surface area contributed by atoms with E-state index in [9.17, 15) is 10.2 Å². The Morgan fingerprint density at radius 1 is 0.944 bits per heavy atom. The molecule has 0 aromatic heterocycles. The first kappa shape index (κ1) is 16.1. The van der Waals surface area contributed by atoms with E-state index in [0.29, 0.717) is 25.7 Å². The Balaban J connectivity index is 3.75. The zero-order valence-corrected chi connectivity index (χ0v) is 10.3. The number of aliphatic hydroxyl groups excluding tert-OH is 2. The third-order valence-corrected chi connectivity index (χ3v) is 2.47. The van der Waals surface area contributed by atoms with Gasteiger partial charge in [0.15, 0.2) is 0 Å². The molecule has 0 aliphatic heterocycles. The van der Waals surface area contributed by atoms with Crippen molar-refractivity contribution in [2.75, 3.05) is 0 Å². The standard InChI is InChI=1S/C14H18N2O2/c1-11(9-15)13(17)7-5-3-4-6-8-14(18)12(2)10-16/h3-4,13-14,17-18H,1-2,5-8H2/b4-3+. The zero-order chi connectivity index (χ0) is 14.0. The highest BCUT2D eigenvalue weighted by molar-refractivity contribution is 5.21. The monoisotopic (exact) mass is 246 g/mol. The van der Waals surface area contributed by atoms with Crippen LogP contribution in [0.5, 0.6) is 0 Å². The van der Waals surface area contributed by atoms with Gasteiger partial charge in [0.1, 0.15) is 0 Å². The van der Waals surface area contributed by atoms with Crippen LogP contribution in [-0.2, 0) is 0 Å². The van der Waals surface area contributed by atoms with Gasteiger partial charge in [-0.1, -0.05) is 25.3 Å². The fourth-order valence-electron chi connectivity index (χ4n) is 1.24. The highest BCUT2D eigenvalue weighted by Crippen LogP contribution is 2.09. The van der Waals surface area contributed by atoms with E-state index >= 15 is 0 Å². The van der Waals surface area contributed by atoms with Crippen LogP contribution in [0.2, 0.25) is 0 Å². The maximum Gasteiger partial charge on any atom is 0.0968 e. The molecular weight excluding hydrogens is 228 g/mol. The van der Waals surface area contributed by atoms with Crippen LogP contribution in [0.4, 0.5) is 0 Å². The van der Waals surface area contributed by atoms with Gasteiger partial charge in [-0.2, -0.15) is 10.5 Å². The van der Waals surface area contributed by atoms with Gasteiger partial charge in [-0.3, -0.25) is 0 Å². The van der Waals surface area contributed by atoms with E-state index in [1.54, 1.807) is 0 Å². The molecule has 0 aliphatic carbocycles. The summed E-state index contributed by atoms with van der Waals surface area (Å²) in [4.78, 5) is 0. The molecule has 2 N–H and O–H groups in total. The van der Waals surface area contributed by atoms with Gasteiger partial charge in [-0.25, -0.2) is 0 Å². The molecule has 0 aromatic rings. The summed E-state index contributed by atoms with van der Waals surface area (Å²) in [5, 5.41) is 35.8. The Labute approximate surface area is 108 Å². The smallest absolute Gasteiger partial charge is 0.0968 e. The number of hydrogen-bond donors (Lipinski definition) is 2. The fourth-order valence-corrected chi connectivity index (χ4v) is 1.24. The lowest BCUT2D eigenvalue weighted by Crippen LogP contribution is -2.07. The van der Waals surface area contributed by atoms with E-state index in [-0.39, 0.29) is 11.1 Å². The van der Waals surface area contributed by atoms with Crippen molar-refractivity contribution in [3.63, 3.8) is 0 Å². The minimum Gasteiger partial charge on any atom is -0.388 e. The molecule has 0 saturated heterocycles. The lowest BCUT2D eigenvalue weighted by molar-refractivity contribution is 0.205. The lowest BCUT2D eigenvalue weighted by atomic mass is 10.1. The van der Waals surface area contributed by atoms with Gasteiger partial charge in [0.2, 0.25) is 0 Å². The quantitative estimate of drug-likeness (QED) is 0.506. The number of nitriles is 2. The Morgan fingerprint density at radius 3 is 1.56 bits per heavy atom. The van der Waals surface area contributed by atoms with Crippen LogP contribution in [0.1, 0.15) is 25.7 Å². The molecule has 96 valence electrons.